The van der Waals surface area contributed by atoms with E-state index in [1.54, 1.807) is 48.8 Å². The van der Waals surface area contributed by atoms with Crippen LogP contribution in [0.3, 0.4) is 0 Å². The molecule has 0 saturated carbocycles. The third-order valence-corrected chi connectivity index (χ3v) is 3.42. The summed E-state index contributed by atoms with van der Waals surface area (Å²) in [5.74, 6) is 1.12. The molecule has 2 N–H and O–H groups in total. The standard InChI is InChI=1S/C18H10N8/c19-8-14(9-20)16(10-21)23-15-5-3-12(4-6-15)17-24-18(26-25-17)13-2-1-7-22-11-13/h1-7,11,23H,(H,24,25,26). The molecule has 8 heteroatoms. The molecule has 0 unspecified atom stereocenters. The molecule has 0 saturated heterocycles. The van der Waals surface area contributed by atoms with Crippen LogP contribution in [0.25, 0.3) is 22.8 Å². The number of aromatic amines is 1. The van der Waals surface area contributed by atoms with Crippen molar-refractivity contribution in [1.29, 1.82) is 15.8 Å². The Bertz CT molecular complexity index is 1060. The molecular formula is C18H10N8. The minimum Gasteiger partial charge on any atom is -0.345 e. The first-order chi connectivity index (χ1) is 12.7. The van der Waals surface area contributed by atoms with Gasteiger partial charge in [0.25, 0.3) is 0 Å². The SMILES string of the molecule is N#CC(C#N)=C(C#N)Nc1ccc(-c2nc(-c3cccnc3)n[nH]2)cc1. The van der Waals surface area contributed by atoms with Crippen LogP contribution in [0.1, 0.15) is 0 Å². The Morgan fingerprint density at radius 2 is 1.73 bits per heavy atom. The average Bonchev–Trinajstić information content (AvgIpc) is 3.19. The number of pyridine rings is 1. The number of nitrogens with zero attached hydrogens (tertiary/aromatic N) is 6. The van der Waals surface area contributed by atoms with E-state index in [1.165, 1.54) is 0 Å². The summed E-state index contributed by atoms with van der Waals surface area (Å²) >= 11 is 0. The number of hydrogen-bond acceptors (Lipinski definition) is 7. The minimum atomic E-state index is -0.270. The third-order valence-electron chi connectivity index (χ3n) is 3.42. The molecule has 122 valence electrons. The number of allylic oxidation sites excluding steroid dienone is 2. The summed E-state index contributed by atoms with van der Waals surface area (Å²) in [6.07, 6.45) is 3.36. The molecule has 0 bridgehead atoms. The first-order valence-corrected chi connectivity index (χ1v) is 7.40. The van der Waals surface area contributed by atoms with Crippen molar-refractivity contribution in [3.05, 3.63) is 60.1 Å². The number of nitrogens with one attached hydrogen (secondary N) is 2. The Morgan fingerprint density at radius 3 is 2.35 bits per heavy atom. The molecule has 1 aromatic carbocycles. The summed E-state index contributed by atoms with van der Waals surface area (Å²) < 4.78 is 0. The number of rotatable bonds is 4. The molecule has 26 heavy (non-hydrogen) atoms. The molecular weight excluding hydrogens is 328 g/mol. The van der Waals surface area contributed by atoms with Crippen molar-refractivity contribution in [3.63, 3.8) is 0 Å². The molecule has 0 atom stereocenters. The summed E-state index contributed by atoms with van der Waals surface area (Å²) in [6.45, 7) is 0. The van der Waals surface area contributed by atoms with E-state index in [2.05, 4.69) is 25.5 Å². The highest BCUT2D eigenvalue weighted by atomic mass is 15.2. The lowest BCUT2D eigenvalue weighted by molar-refractivity contribution is 1.10. The number of H-pyrrole nitrogens is 1. The number of anilines is 1. The van der Waals surface area contributed by atoms with E-state index in [9.17, 15) is 0 Å². The van der Waals surface area contributed by atoms with Gasteiger partial charge in [-0.2, -0.15) is 20.9 Å². The van der Waals surface area contributed by atoms with E-state index in [0.717, 1.165) is 11.1 Å². The Balaban J connectivity index is 1.82. The normalized spacial score (nSPS) is 9.42. The van der Waals surface area contributed by atoms with Crippen molar-refractivity contribution >= 4 is 5.69 Å². The van der Waals surface area contributed by atoms with Gasteiger partial charge < -0.3 is 5.32 Å². The zero-order valence-corrected chi connectivity index (χ0v) is 13.3. The van der Waals surface area contributed by atoms with Crippen LogP contribution in [-0.4, -0.2) is 20.2 Å². The maximum Gasteiger partial charge on any atom is 0.183 e. The lowest BCUT2D eigenvalue weighted by Crippen LogP contribution is -2.00. The van der Waals surface area contributed by atoms with Crippen molar-refractivity contribution in [3.8, 4) is 41.0 Å². The smallest absolute Gasteiger partial charge is 0.183 e. The van der Waals surface area contributed by atoms with Gasteiger partial charge in [0, 0.05) is 29.2 Å². The van der Waals surface area contributed by atoms with Crippen LogP contribution in [-0.2, 0) is 0 Å². The first kappa shape index (κ1) is 16.4. The van der Waals surface area contributed by atoms with Gasteiger partial charge in [-0.15, -0.1) is 0 Å². The number of benzene rings is 1. The van der Waals surface area contributed by atoms with Crippen molar-refractivity contribution in [2.24, 2.45) is 0 Å². The first-order valence-electron chi connectivity index (χ1n) is 7.40. The van der Waals surface area contributed by atoms with E-state index >= 15 is 0 Å². The van der Waals surface area contributed by atoms with E-state index in [0.29, 0.717) is 17.3 Å². The number of hydrogen-bond donors (Lipinski definition) is 2. The van der Waals surface area contributed by atoms with Gasteiger partial charge in [-0.1, -0.05) is 0 Å². The van der Waals surface area contributed by atoms with Crippen molar-refractivity contribution in [2.75, 3.05) is 5.32 Å². The minimum absolute atomic E-state index is 0.0960. The van der Waals surface area contributed by atoms with Crippen LogP contribution >= 0.6 is 0 Å². The molecule has 0 aliphatic carbocycles. The maximum absolute atomic E-state index is 9.06. The monoisotopic (exact) mass is 338 g/mol. The zero-order valence-electron chi connectivity index (χ0n) is 13.3. The summed E-state index contributed by atoms with van der Waals surface area (Å²) in [5, 5.41) is 36.6. The summed E-state index contributed by atoms with van der Waals surface area (Å²) in [4.78, 5) is 8.48. The zero-order chi connectivity index (χ0) is 18.4. The lowest BCUT2D eigenvalue weighted by atomic mass is 10.2. The van der Waals surface area contributed by atoms with E-state index in [-0.39, 0.29) is 11.3 Å². The van der Waals surface area contributed by atoms with Gasteiger partial charge in [0.1, 0.15) is 23.9 Å². The lowest BCUT2D eigenvalue weighted by Gasteiger charge is -2.05. The maximum atomic E-state index is 9.06. The average molecular weight is 338 g/mol. The molecule has 0 amide bonds. The van der Waals surface area contributed by atoms with Crippen molar-refractivity contribution < 1.29 is 0 Å². The van der Waals surface area contributed by atoms with Crippen molar-refractivity contribution in [2.45, 2.75) is 0 Å². The van der Waals surface area contributed by atoms with Crippen LogP contribution in [0.2, 0.25) is 0 Å². The number of nitriles is 3. The van der Waals surface area contributed by atoms with Crippen molar-refractivity contribution in [1.82, 2.24) is 20.2 Å². The highest BCUT2D eigenvalue weighted by Gasteiger charge is 2.09. The van der Waals surface area contributed by atoms with Crippen LogP contribution < -0.4 is 5.32 Å². The third kappa shape index (κ3) is 3.38. The van der Waals surface area contributed by atoms with Gasteiger partial charge in [-0.05, 0) is 36.4 Å². The van der Waals surface area contributed by atoms with Crippen LogP contribution in [0.5, 0.6) is 0 Å². The topological polar surface area (TPSA) is 138 Å². The quantitative estimate of drug-likeness (QED) is 0.697. The predicted octanol–water partition coefficient (Wildman–Crippen LogP) is 2.77. The fourth-order valence-corrected chi connectivity index (χ4v) is 2.15. The van der Waals surface area contributed by atoms with E-state index in [4.69, 9.17) is 15.8 Å². The largest absolute Gasteiger partial charge is 0.345 e. The summed E-state index contributed by atoms with van der Waals surface area (Å²) in [7, 11) is 0. The second kappa shape index (κ2) is 7.39. The molecule has 0 fully saturated rings. The van der Waals surface area contributed by atoms with Crippen LogP contribution in [0.4, 0.5) is 5.69 Å². The fourth-order valence-electron chi connectivity index (χ4n) is 2.15. The Kier molecular flexibility index (Phi) is 4.66. The second-order valence-corrected chi connectivity index (χ2v) is 5.04. The molecule has 3 aromatic rings. The van der Waals surface area contributed by atoms with Gasteiger partial charge in [-0.3, -0.25) is 10.1 Å². The Labute approximate surface area is 148 Å². The molecule has 0 aliphatic heterocycles. The molecule has 3 rings (SSSR count). The molecule has 2 aromatic heterocycles. The van der Waals surface area contributed by atoms with E-state index in [1.807, 2.05) is 18.2 Å². The van der Waals surface area contributed by atoms with Gasteiger partial charge in [0.05, 0.1) is 0 Å². The summed E-state index contributed by atoms with van der Waals surface area (Å²) in [6, 6.07) is 15.8. The molecule has 8 nitrogen and oxygen atoms in total. The molecule has 2 heterocycles. The van der Waals surface area contributed by atoms with Gasteiger partial charge in [-0.25, -0.2) is 4.98 Å². The molecule has 0 radical (unpaired) electrons. The van der Waals surface area contributed by atoms with E-state index < -0.39 is 0 Å². The predicted molar refractivity (Wildman–Crippen MR) is 92.5 cm³/mol. The Hall–Kier alpha value is -4.48. The molecule has 0 aliphatic rings. The number of aromatic nitrogens is 4. The fraction of sp³-hybridized carbons (Fsp3) is 0. The second-order valence-electron chi connectivity index (χ2n) is 5.04. The summed E-state index contributed by atoms with van der Waals surface area (Å²) in [5.41, 5.74) is 1.80. The highest BCUT2D eigenvalue weighted by Crippen LogP contribution is 2.22. The van der Waals surface area contributed by atoms with Crippen LogP contribution in [0, 0.1) is 34.0 Å². The molecule has 0 spiro atoms. The van der Waals surface area contributed by atoms with Gasteiger partial charge in [0.15, 0.2) is 17.2 Å². The van der Waals surface area contributed by atoms with Gasteiger partial charge >= 0.3 is 0 Å². The Morgan fingerprint density at radius 1 is 0.962 bits per heavy atom. The van der Waals surface area contributed by atoms with Gasteiger partial charge in [0.2, 0.25) is 0 Å². The highest BCUT2D eigenvalue weighted by molar-refractivity contribution is 5.65. The van der Waals surface area contributed by atoms with Crippen LogP contribution in [0.15, 0.2) is 60.1 Å².